The lowest BCUT2D eigenvalue weighted by Crippen LogP contribution is -2.51. The van der Waals surface area contributed by atoms with Crippen molar-refractivity contribution >= 4 is 11.9 Å². The summed E-state index contributed by atoms with van der Waals surface area (Å²) in [4.78, 5) is 22.4. The molecule has 0 heterocycles. The van der Waals surface area contributed by atoms with Crippen LogP contribution in [0.15, 0.2) is 0 Å². The molecule has 0 spiro atoms. The standard InChI is InChI=1S/C10H21N3O3/c1-6(2)4-8(13-10(11)16)9(15)12-7(3)5-14/h6-8,14H,4-5H2,1-3H3,(H,12,15)(H3,11,13,16). The molecule has 0 saturated heterocycles. The Bertz CT molecular complexity index is 243. The number of amides is 3. The molecule has 0 aliphatic rings. The van der Waals surface area contributed by atoms with E-state index in [1.165, 1.54) is 0 Å². The summed E-state index contributed by atoms with van der Waals surface area (Å²) < 4.78 is 0. The highest BCUT2D eigenvalue weighted by Gasteiger charge is 2.21. The van der Waals surface area contributed by atoms with Crippen molar-refractivity contribution in [3.63, 3.8) is 0 Å². The number of urea groups is 1. The molecule has 0 aliphatic heterocycles. The molecule has 0 saturated carbocycles. The summed E-state index contributed by atoms with van der Waals surface area (Å²) in [6.07, 6.45) is 0.507. The molecule has 0 aromatic carbocycles. The van der Waals surface area contributed by atoms with Gasteiger partial charge in [-0.2, -0.15) is 0 Å². The van der Waals surface area contributed by atoms with E-state index in [-0.39, 0.29) is 24.5 Å². The van der Waals surface area contributed by atoms with Crippen molar-refractivity contribution in [2.24, 2.45) is 11.7 Å². The molecule has 0 aromatic heterocycles. The Kier molecular flexibility index (Phi) is 6.48. The van der Waals surface area contributed by atoms with E-state index in [0.29, 0.717) is 6.42 Å². The number of hydrogen-bond acceptors (Lipinski definition) is 3. The van der Waals surface area contributed by atoms with Gasteiger partial charge in [0, 0.05) is 6.04 Å². The number of aliphatic hydroxyl groups excluding tert-OH is 1. The van der Waals surface area contributed by atoms with Crippen LogP contribution in [0.1, 0.15) is 27.2 Å². The molecule has 0 radical (unpaired) electrons. The average Bonchev–Trinajstić information content (AvgIpc) is 2.15. The minimum atomic E-state index is -0.725. The summed E-state index contributed by atoms with van der Waals surface area (Å²) in [5.74, 6) is -0.0684. The fraction of sp³-hybridized carbons (Fsp3) is 0.800. The highest BCUT2D eigenvalue weighted by Crippen LogP contribution is 2.05. The van der Waals surface area contributed by atoms with Gasteiger partial charge in [0.25, 0.3) is 0 Å². The molecule has 6 heteroatoms. The van der Waals surface area contributed by atoms with E-state index < -0.39 is 12.1 Å². The summed E-state index contributed by atoms with van der Waals surface area (Å²) >= 11 is 0. The van der Waals surface area contributed by atoms with Crippen molar-refractivity contribution in [3.05, 3.63) is 0 Å². The Hall–Kier alpha value is -1.30. The van der Waals surface area contributed by atoms with Crippen molar-refractivity contribution in [1.29, 1.82) is 0 Å². The van der Waals surface area contributed by atoms with Crippen LogP contribution in [0, 0.1) is 5.92 Å². The number of aliphatic hydroxyl groups is 1. The lowest BCUT2D eigenvalue weighted by molar-refractivity contribution is -0.124. The summed E-state index contributed by atoms with van der Waals surface area (Å²) in [7, 11) is 0. The van der Waals surface area contributed by atoms with Crippen LogP contribution in [0.3, 0.4) is 0 Å². The summed E-state index contributed by atoms with van der Waals surface area (Å²) in [6.45, 7) is 5.42. The third-order valence-electron chi connectivity index (χ3n) is 2.00. The van der Waals surface area contributed by atoms with Crippen LogP contribution in [0.2, 0.25) is 0 Å². The van der Waals surface area contributed by atoms with Crippen molar-refractivity contribution in [1.82, 2.24) is 10.6 Å². The molecule has 0 aromatic rings. The van der Waals surface area contributed by atoms with E-state index in [1.54, 1.807) is 6.92 Å². The molecule has 2 unspecified atom stereocenters. The quantitative estimate of drug-likeness (QED) is 0.498. The number of hydrogen-bond donors (Lipinski definition) is 4. The van der Waals surface area contributed by atoms with Gasteiger partial charge in [0.15, 0.2) is 0 Å². The van der Waals surface area contributed by atoms with Crippen LogP contribution < -0.4 is 16.4 Å². The maximum absolute atomic E-state index is 11.7. The molecular weight excluding hydrogens is 210 g/mol. The van der Waals surface area contributed by atoms with Gasteiger partial charge in [-0.25, -0.2) is 4.79 Å². The highest BCUT2D eigenvalue weighted by atomic mass is 16.3. The lowest BCUT2D eigenvalue weighted by atomic mass is 10.0. The first kappa shape index (κ1) is 14.7. The van der Waals surface area contributed by atoms with Gasteiger partial charge in [0.05, 0.1) is 6.61 Å². The molecule has 16 heavy (non-hydrogen) atoms. The van der Waals surface area contributed by atoms with Gasteiger partial charge < -0.3 is 21.5 Å². The first-order valence-electron chi connectivity index (χ1n) is 5.34. The zero-order valence-electron chi connectivity index (χ0n) is 9.99. The molecule has 0 fully saturated rings. The Labute approximate surface area is 95.6 Å². The van der Waals surface area contributed by atoms with Gasteiger partial charge in [-0.05, 0) is 19.3 Å². The first-order valence-corrected chi connectivity index (χ1v) is 5.34. The maximum atomic E-state index is 11.7. The Balaban J connectivity index is 4.37. The fourth-order valence-electron chi connectivity index (χ4n) is 1.26. The number of nitrogens with one attached hydrogen (secondary N) is 2. The average molecular weight is 231 g/mol. The van der Waals surface area contributed by atoms with E-state index in [0.717, 1.165) is 0 Å². The van der Waals surface area contributed by atoms with Crippen LogP contribution in [0.4, 0.5) is 4.79 Å². The Morgan fingerprint density at radius 2 is 1.81 bits per heavy atom. The minimum absolute atomic E-state index is 0.142. The van der Waals surface area contributed by atoms with Crippen molar-refractivity contribution in [2.75, 3.05) is 6.61 Å². The van der Waals surface area contributed by atoms with E-state index in [2.05, 4.69) is 10.6 Å². The first-order chi connectivity index (χ1) is 7.36. The van der Waals surface area contributed by atoms with Gasteiger partial charge in [0.2, 0.25) is 5.91 Å². The summed E-state index contributed by atoms with van der Waals surface area (Å²) in [5, 5.41) is 13.8. The molecule has 5 N–H and O–H groups in total. The van der Waals surface area contributed by atoms with Crippen molar-refractivity contribution in [2.45, 2.75) is 39.3 Å². The van der Waals surface area contributed by atoms with Crippen LogP contribution in [0.5, 0.6) is 0 Å². The minimum Gasteiger partial charge on any atom is -0.394 e. The topological polar surface area (TPSA) is 104 Å². The molecule has 6 nitrogen and oxygen atoms in total. The van der Waals surface area contributed by atoms with E-state index in [9.17, 15) is 9.59 Å². The number of nitrogens with two attached hydrogens (primary N) is 1. The SMILES string of the molecule is CC(C)CC(NC(N)=O)C(=O)NC(C)CO. The second-order valence-corrected chi connectivity index (χ2v) is 4.28. The smallest absolute Gasteiger partial charge is 0.312 e. The maximum Gasteiger partial charge on any atom is 0.312 e. The zero-order chi connectivity index (χ0) is 12.7. The van der Waals surface area contributed by atoms with Gasteiger partial charge >= 0.3 is 6.03 Å². The third-order valence-corrected chi connectivity index (χ3v) is 2.00. The Morgan fingerprint density at radius 1 is 1.25 bits per heavy atom. The number of carbonyl (C=O) groups is 2. The van der Waals surface area contributed by atoms with Crippen LogP contribution in [-0.2, 0) is 4.79 Å². The third kappa shape index (κ3) is 6.23. The second kappa shape index (κ2) is 7.05. The van der Waals surface area contributed by atoms with E-state index >= 15 is 0 Å². The molecule has 0 bridgehead atoms. The molecular formula is C10H21N3O3. The zero-order valence-corrected chi connectivity index (χ0v) is 9.99. The molecule has 0 aliphatic carbocycles. The molecule has 2 atom stereocenters. The normalized spacial score (nSPS) is 14.3. The van der Waals surface area contributed by atoms with Crippen LogP contribution in [0.25, 0.3) is 0 Å². The van der Waals surface area contributed by atoms with E-state index in [4.69, 9.17) is 10.8 Å². The van der Waals surface area contributed by atoms with Crippen molar-refractivity contribution in [3.8, 4) is 0 Å². The monoisotopic (exact) mass is 231 g/mol. The molecule has 94 valence electrons. The van der Waals surface area contributed by atoms with Gasteiger partial charge in [-0.3, -0.25) is 4.79 Å². The number of carbonyl (C=O) groups excluding carboxylic acids is 2. The van der Waals surface area contributed by atoms with Gasteiger partial charge in [-0.1, -0.05) is 13.8 Å². The largest absolute Gasteiger partial charge is 0.394 e. The number of primary amides is 1. The van der Waals surface area contributed by atoms with Crippen LogP contribution in [-0.4, -0.2) is 35.7 Å². The second-order valence-electron chi connectivity index (χ2n) is 4.28. The molecule has 0 rings (SSSR count). The predicted octanol–water partition coefficient (Wildman–Crippen LogP) is -0.434. The predicted molar refractivity (Wildman–Crippen MR) is 60.7 cm³/mol. The highest BCUT2D eigenvalue weighted by molar-refractivity contribution is 5.86. The molecule has 3 amide bonds. The fourth-order valence-corrected chi connectivity index (χ4v) is 1.26. The summed E-state index contributed by atoms with van der Waals surface area (Å²) in [6, 6.07) is -1.71. The van der Waals surface area contributed by atoms with E-state index in [1.807, 2.05) is 13.8 Å². The van der Waals surface area contributed by atoms with Crippen LogP contribution >= 0.6 is 0 Å². The van der Waals surface area contributed by atoms with Gasteiger partial charge in [0.1, 0.15) is 6.04 Å². The van der Waals surface area contributed by atoms with Crippen molar-refractivity contribution < 1.29 is 14.7 Å². The number of rotatable bonds is 6. The Morgan fingerprint density at radius 3 is 2.19 bits per heavy atom. The van der Waals surface area contributed by atoms with Gasteiger partial charge in [-0.15, -0.1) is 0 Å². The lowest BCUT2D eigenvalue weighted by Gasteiger charge is -2.21. The summed E-state index contributed by atoms with van der Waals surface area (Å²) in [5.41, 5.74) is 4.99.